The van der Waals surface area contributed by atoms with Gasteiger partial charge >= 0.3 is 0 Å². The average molecular weight is 292 g/mol. The van der Waals surface area contributed by atoms with Gasteiger partial charge in [0.15, 0.2) is 23.3 Å². The Labute approximate surface area is 110 Å². The fourth-order valence-electron chi connectivity index (χ4n) is 1.81. The molecule has 0 saturated heterocycles. The van der Waals surface area contributed by atoms with E-state index in [-0.39, 0.29) is 5.56 Å². The van der Waals surface area contributed by atoms with Crippen molar-refractivity contribution in [3.63, 3.8) is 0 Å². The molecule has 1 atom stereocenters. The standard InChI is InChI=1S/C11H9F5N4/c1-20-3-4(2-18-20)11(19-17)5-6(12)8(14)10(16)9(15)7(5)13/h2-3,11,19H,17H2,1H3. The van der Waals surface area contributed by atoms with Crippen LogP contribution >= 0.6 is 0 Å². The van der Waals surface area contributed by atoms with Crippen molar-refractivity contribution in [2.24, 2.45) is 12.9 Å². The molecule has 0 fully saturated rings. The molecule has 9 heteroatoms. The molecule has 0 aliphatic carbocycles. The predicted octanol–water partition coefficient (Wildman–Crippen LogP) is 1.67. The van der Waals surface area contributed by atoms with Gasteiger partial charge in [-0.3, -0.25) is 10.5 Å². The molecule has 0 spiro atoms. The molecule has 20 heavy (non-hydrogen) atoms. The second-order valence-corrected chi connectivity index (χ2v) is 4.03. The Morgan fingerprint density at radius 2 is 1.55 bits per heavy atom. The Balaban J connectivity index is 2.67. The molecular formula is C11H9F5N4. The number of aryl methyl sites for hydroxylation is 1. The molecular weight excluding hydrogens is 283 g/mol. The van der Waals surface area contributed by atoms with E-state index >= 15 is 0 Å². The second-order valence-electron chi connectivity index (χ2n) is 4.03. The highest BCUT2D eigenvalue weighted by Gasteiger charge is 2.31. The van der Waals surface area contributed by atoms with Gasteiger partial charge in [0.25, 0.3) is 0 Å². The number of nitrogens with two attached hydrogens (primary N) is 1. The van der Waals surface area contributed by atoms with E-state index in [1.54, 1.807) is 0 Å². The van der Waals surface area contributed by atoms with Gasteiger partial charge in [-0.25, -0.2) is 27.4 Å². The Kier molecular flexibility index (Phi) is 3.73. The van der Waals surface area contributed by atoms with Crippen LogP contribution in [0.3, 0.4) is 0 Å². The average Bonchev–Trinajstić information content (AvgIpc) is 2.85. The number of hydrazine groups is 1. The van der Waals surface area contributed by atoms with E-state index in [9.17, 15) is 22.0 Å². The fourth-order valence-corrected chi connectivity index (χ4v) is 1.81. The van der Waals surface area contributed by atoms with E-state index < -0.39 is 40.7 Å². The molecule has 0 radical (unpaired) electrons. The number of benzene rings is 1. The van der Waals surface area contributed by atoms with E-state index in [1.807, 2.05) is 5.43 Å². The monoisotopic (exact) mass is 292 g/mol. The van der Waals surface area contributed by atoms with Crippen molar-refractivity contribution < 1.29 is 22.0 Å². The maximum Gasteiger partial charge on any atom is 0.200 e. The van der Waals surface area contributed by atoms with Crippen molar-refractivity contribution in [2.45, 2.75) is 6.04 Å². The van der Waals surface area contributed by atoms with Gasteiger partial charge in [-0.05, 0) is 0 Å². The number of rotatable bonds is 3. The van der Waals surface area contributed by atoms with Crippen LogP contribution in [0.1, 0.15) is 17.2 Å². The topological polar surface area (TPSA) is 55.9 Å². The van der Waals surface area contributed by atoms with Crippen molar-refractivity contribution in [3.05, 3.63) is 52.6 Å². The summed E-state index contributed by atoms with van der Waals surface area (Å²) >= 11 is 0. The smallest absolute Gasteiger partial charge is 0.200 e. The first-order valence-electron chi connectivity index (χ1n) is 5.34. The minimum Gasteiger partial charge on any atom is -0.275 e. The lowest BCUT2D eigenvalue weighted by atomic mass is 10.00. The molecule has 4 nitrogen and oxygen atoms in total. The fraction of sp³-hybridized carbons (Fsp3) is 0.182. The molecule has 2 aromatic rings. The van der Waals surface area contributed by atoms with Crippen LogP contribution in [0.4, 0.5) is 22.0 Å². The predicted molar refractivity (Wildman–Crippen MR) is 58.6 cm³/mol. The molecule has 0 aliphatic rings. The molecule has 0 bridgehead atoms. The summed E-state index contributed by atoms with van der Waals surface area (Å²) in [4.78, 5) is 0. The first-order chi connectivity index (χ1) is 9.38. The van der Waals surface area contributed by atoms with E-state index in [1.165, 1.54) is 24.1 Å². The Morgan fingerprint density at radius 3 is 1.95 bits per heavy atom. The number of hydrogen-bond donors (Lipinski definition) is 2. The molecule has 2 rings (SSSR count). The van der Waals surface area contributed by atoms with Crippen molar-refractivity contribution >= 4 is 0 Å². The van der Waals surface area contributed by atoms with Gasteiger partial charge in [0, 0.05) is 18.8 Å². The van der Waals surface area contributed by atoms with Gasteiger partial charge in [-0.1, -0.05) is 0 Å². The summed E-state index contributed by atoms with van der Waals surface area (Å²) in [6.45, 7) is 0. The van der Waals surface area contributed by atoms with Crippen LogP contribution in [0.2, 0.25) is 0 Å². The molecule has 1 heterocycles. The minimum atomic E-state index is -2.22. The lowest BCUT2D eigenvalue weighted by Crippen LogP contribution is -2.31. The number of aromatic nitrogens is 2. The summed E-state index contributed by atoms with van der Waals surface area (Å²) in [6.07, 6.45) is 2.53. The SMILES string of the molecule is Cn1cc(C(NN)c2c(F)c(F)c(F)c(F)c2F)cn1. The van der Waals surface area contributed by atoms with E-state index in [0.29, 0.717) is 0 Å². The molecule has 108 valence electrons. The van der Waals surface area contributed by atoms with Crippen LogP contribution < -0.4 is 11.3 Å². The molecule has 3 N–H and O–H groups in total. The lowest BCUT2D eigenvalue weighted by molar-refractivity contribution is 0.362. The molecule has 1 unspecified atom stereocenters. The molecule has 0 aliphatic heterocycles. The maximum atomic E-state index is 13.7. The van der Waals surface area contributed by atoms with E-state index in [2.05, 4.69) is 5.10 Å². The highest BCUT2D eigenvalue weighted by Crippen LogP contribution is 2.30. The maximum absolute atomic E-state index is 13.7. The second kappa shape index (κ2) is 5.17. The molecule has 1 aromatic carbocycles. The zero-order valence-electron chi connectivity index (χ0n) is 10.1. The first-order valence-corrected chi connectivity index (χ1v) is 5.34. The Morgan fingerprint density at radius 1 is 1.05 bits per heavy atom. The van der Waals surface area contributed by atoms with Crippen molar-refractivity contribution in [1.82, 2.24) is 15.2 Å². The number of halogens is 5. The third-order valence-electron chi connectivity index (χ3n) is 2.76. The summed E-state index contributed by atoms with van der Waals surface area (Å²) in [6, 6.07) is -1.42. The first kappa shape index (κ1) is 14.4. The Bertz CT molecular complexity index is 625. The zero-order valence-corrected chi connectivity index (χ0v) is 10.1. The van der Waals surface area contributed by atoms with Crippen LogP contribution in [0.5, 0.6) is 0 Å². The number of hydrogen-bond acceptors (Lipinski definition) is 3. The normalized spacial score (nSPS) is 12.8. The van der Waals surface area contributed by atoms with Gasteiger partial charge < -0.3 is 0 Å². The van der Waals surface area contributed by atoms with Gasteiger partial charge in [0.05, 0.1) is 17.8 Å². The minimum absolute atomic E-state index is 0.151. The van der Waals surface area contributed by atoms with Gasteiger partial charge in [0.1, 0.15) is 0 Å². The van der Waals surface area contributed by atoms with E-state index in [4.69, 9.17) is 5.84 Å². The lowest BCUT2D eigenvalue weighted by Gasteiger charge is -2.17. The largest absolute Gasteiger partial charge is 0.275 e. The van der Waals surface area contributed by atoms with Crippen LogP contribution in [-0.4, -0.2) is 9.78 Å². The number of nitrogens with zero attached hydrogens (tertiary/aromatic N) is 2. The van der Waals surface area contributed by atoms with E-state index in [0.717, 1.165) is 0 Å². The third-order valence-corrected chi connectivity index (χ3v) is 2.76. The molecule has 1 aromatic heterocycles. The molecule has 0 saturated carbocycles. The molecule has 0 amide bonds. The van der Waals surface area contributed by atoms with Gasteiger partial charge in [0.2, 0.25) is 5.82 Å². The summed E-state index contributed by atoms with van der Waals surface area (Å²) in [7, 11) is 1.52. The zero-order chi connectivity index (χ0) is 15.0. The third kappa shape index (κ3) is 2.14. The summed E-state index contributed by atoms with van der Waals surface area (Å²) in [5, 5.41) is 3.75. The highest BCUT2D eigenvalue weighted by molar-refractivity contribution is 5.33. The van der Waals surface area contributed by atoms with Crippen LogP contribution in [0, 0.1) is 29.1 Å². The van der Waals surface area contributed by atoms with Gasteiger partial charge in [-0.15, -0.1) is 0 Å². The van der Waals surface area contributed by atoms with Crippen LogP contribution in [0.25, 0.3) is 0 Å². The van der Waals surface area contributed by atoms with Crippen LogP contribution in [0.15, 0.2) is 12.4 Å². The Hall–Kier alpha value is -2.00. The summed E-state index contributed by atoms with van der Waals surface area (Å²) in [5.74, 6) is -4.98. The highest BCUT2D eigenvalue weighted by atomic mass is 19.2. The number of nitrogens with one attached hydrogen (secondary N) is 1. The van der Waals surface area contributed by atoms with Crippen molar-refractivity contribution in [2.75, 3.05) is 0 Å². The van der Waals surface area contributed by atoms with Gasteiger partial charge in [-0.2, -0.15) is 5.10 Å². The van der Waals surface area contributed by atoms with Crippen molar-refractivity contribution in [3.8, 4) is 0 Å². The summed E-state index contributed by atoms with van der Waals surface area (Å²) in [5.41, 5.74) is 1.11. The van der Waals surface area contributed by atoms with Crippen LogP contribution in [-0.2, 0) is 7.05 Å². The van der Waals surface area contributed by atoms with Crippen molar-refractivity contribution in [1.29, 1.82) is 0 Å². The quantitative estimate of drug-likeness (QED) is 0.297. The summed E-state index contributed by atoms with van der Waals surface area (Å²) < 4.78 is 68.0.